The minimum atomic E-state index is 0.101. The number of amides is 1. The molecule has 6 heteroatoms. The molecule has 4 rings (SSSR count). The van der Waals surface area contributed by atoms with Gasteiger partial charge in [-0.25, -0.2) is 14.6 Å². The van der Waals surface area contributed by atoms with Crippen molar-refractivity contribution in [3.05, 3.63) is 64.2 Å². The fourth-order valence-electron chi connectivity index (χ4n) is 4.11. The van der Waals surface area contributed by atoms with Crippen LogP contribution >= 0.6 is 0 Å². The van der Waals surface area contributed by atoms with Crippen LogP contribution in [-0.4, -0.2) is 31.7 Å². The maximum atomic E-state index is 13.2. The topological polar surface area (TPSA) is 63.9 Å². The largest absolute Gasteiger partial charge is 0.309 e. The number of rotatable bonds is 3. The van der Waals surface area contributed by atoms with Gasteiger partial charge < -0.3 is 4.90 Å². The van der Waals surface area contributed by atoms with Gasteiger partial charge in [-0.2, -0.15) is 5.10 Å². The predicted molar refractivity (Wildman–Crippen MR) is 109 cm³/mol. The number of carbonyl (C=O) groups excluding carboxylic acids is 1. The van der Waals surface area contributed by atoms with Crippen molar-refractivity contribution in [2.24, 2.45) is 0 Å². The van der Waals surface area contributed by atoms with Crippen LogP contribution in [0.15, 0.2) is 30.3 Å². The van der Waals surface area contributed by atoms with Crippen molar-refractivity contribution in [1.82, 2.24) is 19.7 Å². The Hall–Kier alpha value is -3.02. The number of hydrogen-bond acceptors (Lipinski definition) is 4. The van der Waals surface area contributed by atoms with Crippen LogP contribution in [0, 0.1) is 27.7 Å². The van der Waals surface area contributed by atoms with Gasteiger partial charge in [-0.1, -0.05) is 18.2 Å². The molecule has 0 saturated carbocycles. The Morgan fingerprint density at radius 1 is 1.11 bits per heavy atom. The summed E-state index contributed by atoms with van der Waals surface area (Å²) in [6.45, 7) is 9.91. The van der Waals surface area contributed by atoms with Gasteiger partial charge in [0.05, 0.1) is 12.1 Å². The number of hydrogen-bond donors (Lipinski definition) is 0. The highest BCUT2D eigenvalue weighted by Gasteiger charge is 2.31. The van der Waals surface area contributed by atoms with E-state index in [-0.39, 0.29) is 11.9 Å². The lowest BCUT2D eigenvalue weighted by molar-refractivity contribution is -0.118. The lowest BCUT2D eigenvalue weighted by Gasteiger charge is -2.23. The van der Waals surface area contributed by atoms with Crippen LogP contribution in [0.3, 0.4) is 0 Å². The van der Waals surface area contributed by atoms with Gasteiger partial charge in [-0.3, -0.25) is 4.79 Å². The molecule has 1 aliphatic heterocycles. The number of aromatic nitrogens is 4. The molecule has 28 heavy (non-hydrogen) atoms. The molecule has 0 saturated heterocycles. The molecule has 3 aromatic rings. The van der Waals surface area contributed by atoms with E-state index in [0.717, 1.165) is 40.4 Å². The van der Waals surface area contributed by atoms with Crippen molar-refractivity contribution in [2.75, 3.05) is 4.90 Å². The summed E-state index contributed by atoms with van der Waals surface area (Å²) in [5, 5.41) is 4.63. The van der Waals surface area contributed by atoms with Crippen LogP contribution in [0.2, 0.25) is 0 Å². The summed E-state index contributed by atoms with van der Waals surface area (Å²) in [5.41, 5.74) is 6.76. The van der Waals surface area contributed by atoms with Crippen molar-refractivity contribution in [2.45, 2.75) is 53.5 Å². The highest BCUT2D eigenvalue weighted by Crippen LogP contribution is 2.32. The van der Waals surface area contributed by atoms with Crippen LogP contribution in [0.4, 0.5) is 5.69 Å². The molecular weight excluding hydrogens is 350 g/mol. The number of anilines is 1. The van der Waals surface area contributed by atoms with Gasteiger partial charge in [-0.15, -0.1) is 0 Å². The number of benzene rings is 1. The Morgan fingerprint density at radius 3 is 2.50 bits per heavy atom. The van der Waals surface area contributed by atoms with E-state index in [1.165, 1.54) is 5.56 Å². The molecule has 6 nitrogen and oxygen atoms in total. The molecule has 0 N–H and O–H groups in total. The average Bonchev–Trinajstić information content (AvgIpc) is 3.11. The van der Waals surface area contributed by atoms with E-state index in [9.17, 15) is 4.79 Å². The highest BCUT2D eigenvalue weighted by atomic mass is 16.2. The second-order valence-electron chi connectivity index (χ2n) is 7.63. The van der Waals surface area contributed by atoms with E-state index in [4.69, 9.17) is 0 Å². The molecule has 1 aromatic carbocycles. The molecule has 1 unspecified atom stereocenters. The second-order valence-corrected chi connectivity index (χ2v) is 7.63. The van der Waals surface area contributed by atoms with E-state index in [0.29, 0.717) is 12.4 Å². The summed E-state index contributed by atoms with van der Waals surface area (Å²) in [5.74, 6) is 0.654. The number of para-hydroxylation sites is 1. The third kappa shape index (κ3) is 3.09. The summed E-state index contributed by atoms with van der Waals surface area (Å²) in [7, 11) is 0. The molecule has 1 atom stereocenters. The van der Waals surface area contributed by atoms with Crippen molar-refractivity contribution in [3.8, 4) is 5.95 Å². The van der Waals surface area contributed by atoms with Gasteiger partial charge in [-0.05, 0) is 58.7 Å². The molecule has 144 valence electrons. The van der Waals surface area contributed by atoms with Crippen molar-refractivity contribution < 1.29 is 4.79 Å². The third-order valence-corrected chi connectivity index (χ3v) is 5.41. The summed E-state index contributed by atoms with van der Waals surface area (Å²) in [4.78, 5) is 24.2. The quantitative estimate of drug-likeness (QED) is 0.704. The maximum absolute atomic E-state index is 13.2. The van der Waals surface area contributed by atoms with E-state index in [1.807, 2.05) is 56.9 Å². The Kier molecular flexibility index (Phi) is 4.49. The first kappa shape index (κ1) is 18.3. The first-order chi connectivity index (χ1) is 13.3. The van der Waals surface area contributed by atoms with E-state index in [1.54, 1.807) is 4.68 Å². The van der Waals surface area contributed by atoms with Gasteiger partial charge in [0.2, 0.25) is 5.91 Å². The first-order valence-corrected chi connectivity index (χ1v) is 9.63. The third-order valence-electron chi connectivity index (χ3n) is 5.41. The van der Waals surface area contributed by atoms with Crippen molar-refractivity contribution in [3.63, 3.8) is 0 Å². The van der Waals surface area contributed by atoms with Crippen molar-refractivity contribution >= 4 is 11.6 Å². The van der Waals surface area contributed by atoms with Crippen LogP contribution < -0.4 is 4.90 Å². The zero-order valence-electron chi connectivity index (χ0n) is 17.0. The molecule has 0 spiro atoms. The van der Waals surface area contributed by atoms with Gasteiger partial charge in [0.15, 0.2) is 0 Å². The van der Waals surface area contributed by atoms with Crippen LogP contribution in [-0.2, 0) is 17.6 Å². The van der Waals surface area contributed by atoms with Gasteiger partial charge in [0, 0.05) is 34.4 Å². The standard InChI is InChI=1S/C22H25N5O/c1-13-10-14(2)24-22(23-13)27-17(5)19(16(4)25-27)12-21(28)26-15(3)11-18-8-6-7-9-20(18)26/h6-10,15H,11-12H2,1-5H3. The predicted octanol–water partition coefficient (Wildman–Crippen LogP) is 3.42. The maximum Gasteiger partial charge on any atom is 0.251 e. The fraction of sp³-hybridized carbons (Fsp3) is 0.364. The molecule has 0 aliphatic carbocycles. The fourth-order valence-corrected chi connectivity index (χ4v) is 4.11. The number of fused-ring (bicyclic) bond motifs is 1. The number of aryl methyl sites for hydroxylation is 3. The Morgan fingerprint density at radius 2 is 1.79 bits per heavy atom. The van der Waals surface area contributed by atoms with E-state index >= 15 is 0 Å². The summed E-state index contributed by atoms with van der Waals surface area (Å²) >= 11 is 0. The van der Waals surface area contributed by atoms with Crippen LogP contribution in [0.25, 0.3) is 5.95 Å². The lowest BCUT2D eigenvalue weighted by Crippen LogP contribution is -2.37. The normalized spacial score (nSPS) is 15.8. The first-order valence-electron chi connectivity index (χ1n) is 9.63. The molecule has 0 radical (unpaired) electrons. The second kappa shape index (κ2) is 6.86. The van der Waals surface area contributed by atoms with Gasteiger partial charge in [0.25, 0.3) is 5.95 Å². The summed E-state index contributed by atoms with van der Waals surface area (Å²) in [6, 6.07) is 10.3. The molecule has 0 fully saturated rings. The van der Waals surface area contributed by atoms with Crippen LogP contribution in [0.1, 0.15) is 40.8 Å². The SMILES string of the molecule is Cc1cc(C)nc(-n2nc(C)c(CC(=O)N3c4ccccc4CC3C)c2C)n1. The Bertz CT molecular complexity index is 1050. The molecule has 0 bridgehead atoms. The number of carbonyl (C=O) groups is 1. The summed E-state index contributed by atoms with van der Waals surface area (Å²) < 4.78 is 1.75. The molecule has 1 amide bonds. The molecule has 2 aromatic heterocycles. The number of nitrogens with zero attached hydrogens (tertiary/aromatic N) is 5. The lowest BCUT2D eigenvalue weighted by atomic mass is 10.1. The zero-order chi connectivity index (χ0) is 20.0. The Balaban J connectivity index is 1.66. The van der Waals surface area contributed by atoms with Crippen LogP contribution in [0.5, 0.6) is 0 Å². The monoisotopic (exact) mass is 375 g/mol. The smallest absolute Gasteiger partial charge is 0.251 e. The van der Waals surface area contributed by atoms with E-state index in [2.05, 4.69) is 28.1 Å². The van der Waals surface area contributed by atoms with Crippen molar-refractivity contribution in [1.29, 1.82) is 0 Å². The summed E-state index contributed by atoms with van der Waals surface area (Å²) in [6.07, 6.45) is 1.22. The molecule has 1 aliphatic rings. The molecule has 3 heterocycles. The van der Waals surface area contributed by atoms with Gasteiger partial charge >= 0.3 is 0 Å². The highest BCUT2D eigenvalue weighted by molar-refractivity contribution is 5.97. The average molecular weight is 375 g/mol. The van der Waals surface area contributed by atoms with Gasteiger partial charge in [0.1, 0.15) is 0 Å². The van der Waals surface area contributed by atoms with E-state index < -0.39 is 0 Å². The molecular formula is C22H25N5O. The minimum Gasteiger partial charge on any atom is -0.309 e. The Labute approximate surface area is 165 Å². The minimum absolute atomic E-state index is 0.101. The zero-order valence-corrected chi connectivity index (χ0v) is 17.0.